The molecule has 180 valence electrons. The summed E-state index contributed by atoms with van der Waals surface area (Å²) >= 11 is 0. The van der Waals surface area contributed by atoms with Gasteiger partial charge in [-0.2, -0.15) is 4.98 Å². The van der Waals surface area contributed by atoms with Gasteiger partial charge in [0.05, 0.1) is 19.9 Å². The second-order valence-corrected chi connectivity index (χ2v) is 8.50. The molecule has 3 aromatic heterocycles. The Morgan fingerprint density at radius 1 is 0.943 bits per heavy atom. The van der Waals surface area contributed by atoms with E-state index in [4.69, 9.17) is 14.5 Å². The number of fused-ring (bicyclic) bond motifs is 3. The van der Waals surface area contributed by atoms with E-state index in [0.717, 1.165) is 22.6 Å². The predicted molar refractivity (Wildman–Crippen MR) is 134 cm³/mol. The van der Waals surface area contributed by atoms with E-state index in [2.05, 4.69) is 0 Å². The van der Waals surface area contributed by atoms with Crippen LogP contribution >= 0.6 is 0 Å². The van der Waals surface area contributed by atoms with Gasteiger partial charge in [0, 0.05) is 31.0 Å². The van der Waals surface area contributed by atoms with E-state index in [0.29, 0.717) is 34.9 Å². The minimum atomic E-state index is -0.387. The summed E-state index contributed by atoms with van der Waals surface area (Å²) in [6, 6.07) is 15.3. The lowest BCUT2D eigenvalue weighted by Gasteiger charge is -2.13. The van der Waals surface area contributed by atoms with Gasteiger partial charge in [0.2, 0.25) is 5.78 Å². The van der Waals surface area contributed by atoms with Crippen molar-refractivity contribution in [2.45, 2.75) is 26.8 Å². The van der Waals surface area contributed by atoms with Crippen LogP contribution in [-0.2, 0) is 20.0 Å². The van der Waals surface area contributed by atoms with Crippen LogP contribution < -0.4 is 20.7 Å². The van der Waals surface area contributed by atoms with Crippen LogP contribution in [0.3, 0.4) is 0 Å². The molecule has 0 saturated heterocycles. The van der Waals surface area contributed by atoms with Gasteiger partial charge < -0.3 is 9.47 Å². The zero-order chi connectivity index (χ0) is 24.9. The van der Waals surface area contributed by atoms with Crippen molar-refractivity contribution >= 4 is 16.9 Å². The molecule has 0 saturated carbocycles. The number of aryl methyl sites for hydroxylation is 3. The Morgan fingerprint density at radius 2 is 1.69 bits per heavy atom. The molecule has 0 fully saturated rings. The Hall–Kier alpha value is -4.27. The summed E-state index contributed by atoms with van der Waals surface area (Å²) in [6.45, 7) is 4.19. The van der Waals surface area contributed by atoms with E-state index in [-0.39, 0.29) is 17.8 Å². The van der Waals surface area contributed by atoms with Gasteiger partial charge >= 0.3 is 5.69 Å². The van der Waals surface area contributed by atoms with Crippen molar-refractivity contribution < 1.29 is 9.47 Å². The van der Waals surface area contributed by atoms with Gasteiger partial charge in [-0.05, 0) is 38.0 Å². The maximum Gasteiger partial charge on any atom is 0.332 e. The molecule has 3 heterocycles. The van der Waals surface area contributed by atoms with Gasteiger partial charge in [0.25, 0.3) is 5.56 Å². The van der Waals surface area contributed by atoms with Crippen LogP contribution in [0.15, 0.2) is 58.1 Å². The maximum absolute atomic E-state index is 13.7. The third kappa shape index (κ3) is 3.42. The highest BCUT2D eigenvalue weighted by Crippen LogP contribution is 2.32. The monoisotopic (exact) mass is 473 g/mol. The highest BCUT2D eigenvalue weighted by atomic mass is 16.5. The number of benzene rings is 2. The zero-order valence-electron chi connectivity index (χ0n) is 20.4. The van der Waals surface area contributed by atoms with Crippen LogP contribution in [0.25, 0.3) is 22.6 Å². The van der Waals surface area contributed by atoms with Crippen LogP contribution in [0, 0.1) is 13.8 Å². The van der Waals surface area contributed by atoms with E-state index >= 15 is 0 Å². The summed E-state index contributed by atoms with van der Waals surface area (Å²) in [7, 11) is 4.84. The van der Waals surface area contributed by atoms with Crippen molar-refractivity contribution in [1.29, 1.82) is 0 Å². The number of methoxy groups -OCH3 is 2. The molecule has 0 bridgehead atoms. The average Bonchev–Trinajstić information content (AvgIpc) is 3.38. The Balaban J connectivity index is 1.76. The number of ether oxygens (including phenoxy) is 2. The number of hydrogen-bond acceptors (Lipinski definition) is 5. The molecule has 0 amide bonds. The number of aromatic nitrogens is 5. The molecule has 0 aliphatic heterocycles. The highest BCUT2D eigenvalue weighted by molar-refractivity contribution is 5.77. The van der Waals surface area contributed by atoms with Crippen molar-refractivity contribution in [1.82, 2.24) is 23.1 Å². The molecule has 5 aromatic rings. The normalized spacial score (nSPS) is 11.5. The second-order valence-electron chi connectivity index (χ2n) is 8.50. The van der Waals surface area contributed by atoms with E-state index < -0.39 is 0 Å². The van der Waals surface area contributed by atoms with Gasteiger partial charge in [0.1, 0.15) is 11.5 Å². The lowest BCUT2D eigenvalue weighted by Crippen LogP contribution is -2.39. The smallest absolute Gasteiger partial charge is 0.332 e. The minimum absolute atomic E-state index is 0.281. The summed E-state index contributed by atoms with van der Waals surface area (Å²) < 4.78 is 17.5. The summed E-state index contributed by atoms with van der Waals surface area (Å²) in [4.78, 5) is 31.5. The molecule has 0 unspecified atom stereocenters. The summed E-state index contributed by atoms with van der Waals surface area (Å²) in [5.74, 6) is 1.80. The van der Waals surface area contributed by atoms with Gasteiger partial charge in [0.15, 0.2) is 11.2 Å². The Labute approximate surface area is 201 Å². The SMILES string of the molecule is COc1ccc(-n2c(C)c(C)n3c4c(=O)n(CCc5ccccc5)c(=O)n(C)c4nc23)c(OC)c1. The first-order chi connectivity index (χ1) is 16.9. The molecule has 0 spiro atoms. The Morgan fingerprint density at radius 3 is 2.37 bits per heavy atom. The Bertz CT molecular complexity index is 1690. The average molecular weight is 474 g/mol. The Kier molecular flexibility index (Phi) is 5.47. The number of nitrogens with zero attached hydrogens (tertiary/aromatic N) is 5. The van der Waals surface area contributed by atoms with Crippen molar-refractivity contribution in [2.24, 2.45) is 7.05 Å². The predicted octanol–water partition coefficient (Wildman–Crippen LogP) is 3.02. The molecule has 9 heteroatoms. The van der Waals surface area contributed by atoms with E-state index in [9.17, 15) is 9.59 Å². The third-order valence-electron chi connectivity index (χ3n) is 6.61. The van der Waals surface area contributed by atoms with Crippen LogP contribution in [0.4, 0.5) is 0 Å². The number of rotatable bonds is 6. The first-order valence-corrected chi connectivity index (χ1v) is 11.3. The molecular formula is C26H27N5O4. The summed E-state index contributed by atoms with van der Waals surface area (Å²) in [5.41, 5.74) is 3.55. The first-order valence-electron chi connectivity index (χ1n) is 11.3. The van der Waals surface area contributed by atoms with E-state index in [1.165, 1.54) is 9.13 Å². The quantitative estimate of drug-likeness (QED) is 0.379. The topological polar surface area (TPSA) is 84.7 Å². The first kappa shape index (κ1) is 22.5. The van der Waals surface area contributed by atoms with Crippen molar-refractivity contribution in [3.05, 3.63) is 86.3 Å². The van der Waals surface area contributed by atoms with Gasteiger partial charge in [-0.1, -0.05) is 30.3 Å². The van der Waals surface area contributed by atoms with E-state index in [1.54, 1.807) is 27.3 Å². The van der Waals surface area contributed by atoms with Crippen LogP contribution in [0.1, 0.15) is 17.0 Å². The fourth-order valence-corrected chi connectivity index (χ4v) is 4.59. The lowest BCUT2D eigenvalue weighted by atomic mass is 10.1. The summed E-state index contributed by atoms with van der Waals surface area (Å²) in [5, 5.41) is 0. The van der Waals surface area contributed by atoms with Crippen LogP contribution in [-0.4, -0.2) is 37.3 Å². The van der Waals surface area contributed by atoms with Gasteiger partial charge in [-0.15, -0.1) is 0 Å². The standard InChI is InChI=1S/C26H27N5O4/c1-16-17(2)31-22-23(27-25(31)30(16)20-12-11-19(34-4)15-21(20)35-5)28(3)26(33)29(24(22)32)14-13-18-9-7-6-8-10-18/h6-12,15H,13-14H2,1-5H3. The number of imidazole rings is 2. The van der Waals surface area contributed by atoms with Gasteiger partial charge in [-0.25, -0.2) is 4.79 Å². The highest BCUT2D eigenvalue weighted by Gasteiger charge is 2.24. The molecule has 0 aliphatic rings. The van der Waals surface area contributed by atoms with Crippen LogP contribution in [0.5, 0.6) is 11.5 Å². The number of hydrogen-bond donors (Lipinski definition) is 0. The molecule has 9 nitrogen and oxygen atoms in total. The summed E-state index contributed by atoms with van der Waals surface area (Å²) in [6.07, 6.45) is 0.575. The van der Waals surface area contributed by atoms with E-state index in [1.807, 2.05) is 65.3 Å². The minimum Gasteiger partial charge on any atom is -0.497 e. The second kappa shape index (κ2) is 8.50. The molecule has 0 aliphatic carbocycles. The molecular weight excluding hydrogens is 446 g/mol. The molecule has 0 N–H and O–H groups in total. The maximum atomic E-state index is 13.7. The molecule has 0 radical (unpaired) electrons. The third-order valence-corrected chi connectivity index (χ3v) is 6.61. The van der Waals surface area contributed by atoms with Crippen molar-refractivity contribution in [2.75, 3.05) is 14.2 Å². The molecule has 0 atom stereocenters. The fraction of sp³-hybridized carbons (Fsp3) is 0.269. The lowest BCUT2D eigenvalue weighted by molar-refractivity contribution is 0.393. The van der Waals surface area contributed by atoms with Gasteiger partial charge in [-0.3, -0.25) is 22.9 Å². The van der Waals surface area contributed by atoms with Crippen LogP contribution in [0.2, 0.25) is 0 Å². The fourth-order valence-electron chi connectivity index (χ4n) is 4.59. The molecule has 5 rings (SSSR count). The molecule has 35 heavy (non-hydrogen) atoms. The van der Waals surface area contributed by atoms with Crippen molar-refractivity contribution in [3.8, 4) is 17.2 Å². The zero-order valence-corrected chi connectivity index (χ0v) is 20.4. The largest absolute Gasteiger partial charge is 0.497 e. The molecule has 2 aromatic carbocycles. The van der Waals surface area contributed by atoms with Crippen molar-refractivity contribution in [3.63, 3.8) is 0 Å².